The number of halogens is 2. The molecule has 2 aromatic rings. The van der Waals surface area contributed by atoms with Crippen LogP contribution in [0.5, 0.6) is 0 Å². The Labute approximate surface area is 112 Å². The fraction of sp³-hybridized carbons (Fsp3) is 0. The van der Waals surface area contributed by atoms with E-state index in [0.29, 0.717) is 16.1 Å². The van der Waals surface area contributed by atoms with Crippen molar-refractivity contribution in [3.8, 4) is 0 Å². The van der Waals surface area contributed by atoms with Crippen LogP contribution in [0.3, 0.4) is 0 Å². The van der Waals surface area contributed by atoms with Gasteiger partial charge in [-0.2, -0.15) is 0 Å². The maximum absolute atomic E-state index is 12.2. The van der Waals surface area contributed by atoms with Crippen molar-refractivity contribution in [3.05, 3.63) is 62.4 Å². The van der Waals surface area contributed by atoms with Crippen LogP contribution in [0.1, 0.15) is 15.9 Å². The number of pyridine rings is 1. The minimum atomic E-state index is -0.0944. The van der Waals surface area contributed by atoms with E-state index in [9.17, 15) is 4.79 Å². The van der Waals surface area contributed by atoms with Crippen molar-refractivity contribution in [2.75, 3.05) is 0 Å². The van der Waals surface area contributed by atoms with E-state index in [1.54, 1.807) is 30.6 Å². The van der Waals surface area contributed by atoms with Gasteiger partial charge >= 0.3 is 0 Å². The van der Waals surface area contributed by atoms with Crippen molar-refractivity contribution in [2.24, 2.45) is 0 Å². The monoisotopic (exact) mass is 343 g/mol. The third-order valence-electron chi connectivity index (χ3n) is 2.11. The minimum absolute atomic E-state index is 0.0944. The number of hydrogen-bond donors (Lipinski definition) is 0. The second-order valence-electron chi connectivity index (χ2n) is 3.17. The second-order valence-corrected chi connectivity index (χ2v) is 4.74. The summed E-state index contributed by atoms with van der Waals surface area (Å²) in [5.41, 5.74) is 1.09. The first-order valence-electron chi connectivity index (χ1n) is 4.59. The quantitative estimate of drug-likeness (QED) is 0.616. The first-order chi connectivity index (χ1) is 7.70. The van der Waals surface area contributed by atoms with Gasteiger partial charge in [-0.25, -0.2) is 0 Å². The molecule has 0 amide bonds. The van der Waals surface area contributed by atoms with Crippen LogP contribution in [-0.4, -0.2) is 10.8 Å². The molecule has 16 heavy (non-hydrogen) atoms. The summed E-state index contributed by atoms with van der Waals surface area (Å²) in [5, 5.41) is 0.473. The van der Waals surface area contributed by atoms with Gasteiger partial charge in [-0.1, -0.05) is 17.7 Å². The summed E-state index contributed by atoms with van der Waals surface area (Å²) < 4.78 is 0.846. The highest BCUT2D eigenvalue weighted by Crippen LogP contribution is 2.24. The lowest BCUT2D eigenvalue weighted by atomic mass is 10.1. The summed E-state index contributed by atoms with van der Waals surface area (Å²) in [6.07, 6.45) is 3.18. The third-order valence-corrected chi connectivity index (χ3v) is 3.33. The number of aromatic nitrogens is 1. The van der Waals surface area contributed by atoms with Crippen LogP contribution < -0.4 is 0 Å². The SMILES string of the molecule is O=C(c1cccnc1)c1c(Cl)cccc1I. The number of nitrogens with zero attached hydrogens (tertiary/aromatic N) is 1. The van der Waals surface area contributed by atoms with Crippen molar-refractivity contribution in [1.29, 1.82) is 0 Å². The molecule has 2 rings (SSSR count). The first kappa shape index (κ1) is 11.5. The normalized spacial score (nSPS) is 10.1. The fourth-order valence-electron chi connectivity index (χ4n) is 1.36. The molecule has 80 valence electrons. The molecule has 0 spiro atoms. The van der Waals surface area contributed by atoms with Crippen LogP contribution in [0, 0.1) is 3.57 Å². The Morgan fingerprint density at radius 1 is 1.25 bits per heavy atom. The minimum Gasteiger partial charge on any atom is -0.288 e. The Hall–Kier alpha value is -0.940. The molecule has 0 aliphatic heterocycles. The number of rotatable bonds is 2. The number of carbonyl (C=O) groups is 1. The molecule has 1 heterocycles. The predicted octanol–water partition coefficient (Wildman–Crippen LogP) is 3.57. The molecule has 0 N–H and O–H groups in total. The third kappa shape index (κ3) is 2.25. The van der Waals surface area contributed by atoms with Gasteiger partial charge in [0.2, 0.25) is 0 Å². The van der Waals surface area contributed by atoms with Crippen LogP contribution in [0.15, 0.2) is 42.7 Å². The lowest BCUT2D eigenvalue weighted by Gasteiger charge is -2.05. The maximum Gasteiger partial charge on any atom is 0.197 e. The Morgan fingerprint density at radius 3 is 2.69 bits per heavy atom. The molecule has 0 radical (unpaired) electrons. The predicted molar refractivity (Wildman–Crippen MR) is 71.8 cm³/mol. The van der Waals surface area contributed by atoms with E-state index in [4.69, 9.17) is 11.6 Å². The van der Waals surface area contributed by atoms with Crippen molar-refractivity contribution in [2.45, 2.75) is 0 Å². The summed E-state index contributed by atoms with van der Waals surface area (Å²) in [6, 6.07) is 8.86. The van der Waals surface area contributed by atoms with Gasteiger partial charge in [-0.15, -0.1) is 0 Å². The lowest BCUT2D eigenvalue weighted by Crippen LogP contribution is -2.04. The Kier molecular flexibility index (Phi) is 3.56. The van der Waals surface area contributed by atoms with Crippen LogP contribution >= 0.6 is 34.2 Å². The Bertz CT molecular complexity index is 508. The van der Waals surface area contributed by atoms with Gasteiger partial charge in [-0.3, -0.25) is 9.78 Å². The summed E-state index contributed by atoms with van der Waals surface area (Å²) in [7, 11) is 0. The highest BCUT2D eigenvalue weighted by atomic mass is 127. The Morgan fingerprint density at radius 2 is 2.06 bits per heavy atom. The van der Waals surface area contributed by atoms with Gasteiger partial charge in [0, 0.05) is 21.5 Å². The molecule has 0 fully saturated rings. The van der Waals surface area contributed by atoms with Crippen molar-refractivity contribution < 1.29 is 4.79 Å². The number of ketones is 1. The average Bonchev–Trinajstić information content (AvgIpc) is 2.30. The van der Waals surface area contributed by atoms with Crippen molar-refractivity contribution in [1.82, 2.24) is 4.98 Å². The average molecular weight is 344 g/mol. The topological polar surface area (TPSA) is 30.0 Å². The van der Waals surface area contributed by atoms with E-state index < -0.39 is 0 Å². The molecule has 0 saturated heterocycles. The molecule has 0 atom stereocenters. The molecule has 2 nitrogen and oxygen atoms in total. The van der Waals surface area contributed by atoms with E-state index >= 15 is 0 Å². The van der Waals surface area contributed by atoms with Crippen LogP contribution in [0.2, 0.25) is 5.02 Å². The molecule has 1 aromatic carbocycles. The van der Waals surface area contributed by atoms with Gasteiger partial charge < -0.3 is 0 Å². The van der Waals surface area contributed by atoms with Crippen molar-refractivity contribution in [3.63, 3.8) is 0 Å². The smallest absolute Gasteiger partial charge is 0.197 e. The number of benzene rings is 1. The van der Waals surface area contributed by atoms with Gasteiger partial charge in [0.1, 0.15) is 0 Å². The lowest BCUT2D eigenvalue weighted by molar-refractivity contribution is 0.103. The maximum atomic E-state index is 12.2. The summed E-state index contributed by atoms with van der Waals surface area (Å²) >= 11 is 8.13. The standard InChI is InChI=1S/C12H7ClINO/c13-9-4-1-5-10(14)11(9)12(16)8-3-2-6-15-7-8/h1-7H. The largest absolute Gasteiger partial charge is 0.288 e. The molecule has 0 aliphatic rings. The summed E-state index contributed by atoms with van der Waals surface area (Å²) in [5.74, 6) is -0.0944. The van der Waals surface area contributed by atoms with Crippen molar-refractivity contribution >= 4 is 40.0 Å². The second kappa shape index (κ2) is 4.93. The van der Waals surface area contributed by atoms with Crippen LogP contribution in [0.25, 0.3) is 0 Å². The first-order valence-corrected chi connectivity index (χ1v) is 6.04. The van der Waals surface area contributed by atoms with Gasteiger partial charge in [0.25, 0.3) is 0 Å². The van der Waals surface area contributed by atoms with E-state index in [-0.39, 0.29) is 5.78 Å². The van der Waals surface area contributed by atoms with E-state index in [0.717, 1.165) is 3.57 Å². The molecule has 0 aliphatic carbocycles. The molecule has 0 saturated carbocycles. The highest BCUT2D eigenvalue weighted by Gasteiger charge is 2.15. The highest BCUT2D eigenvalue weighted by molar-refractivity contribution is 14.1. The zero-order valence-corrected chi connectivity index (χ0v) is 11.1. The molecule has 0 unspecified atom stereocenters. The fourth-order valence-corrected chi connectivity index (χ4v) is 2.52. The Balaban J connectivity index is 2.50. The van der Waals surface area contributed by atoms with Crippen LogP contribution in [0.4, 0.5) is 0 Å². The zero-order valence-electron chi connectivity index (χ0n) is 8.15. The molecule has 0 bridgehead atoms. The number of hydrogen-bond acceptors (Lipinski definition) is 2. The summed E-state index contributed by atoms with van der Waals surface area (Å²) in [4.78, 5) is 16.1. The van der Waals surface area contributed by atoms with E-state index in [1.165, 1.54) is 0 Å². The number of carbonyl (C=O) groups excluding carboxylic acids is 1. The molecular weight excluding hydrogens is 336 g/mol. The summed E-state index contributed by atoms with van der Waals surface area (Å²) in [6.45, 7) is 0. The van der Waals surface area contributed by atoms with Gasteiger partial charge in [0.15, 0.2) is 5.78 Å². The molecular formula is C12H7ClINO. The van der Waals surface area contributed by atoms with Gasteiger partial charge in [0.05, 0.1) is 10.6 Å². The molecule has 1 aromatic heterocycles. The van der Waals surface area contributed by atoms with E-state index in [1.807, 2.05) is 12.1 Å². The molecule has 4 heteroatoms. The van der Waals surface area contributed by atoms with E-state index in [2.05, 4.69) is 27.6 Å². The van der Waals surface area contributed by atoms with Gasteiger partial charge in [-0.05, 0) is 46.9 Å². The van der Waals surface area contributed by atoms with Crippen LogP contribution in [-0.2, 0) is 0 Å². The zero-order chi connectivity index (χ0) is 11.5.